The fourth-order valence-electron chi connectivity index (χ4n) is 3.20. The molecule has 3 heteroatoms. The van der Waals surface area contributed by atoms with Gasteiger partial charge in [0.15, 0.2) is 0 Å². The molecule has 1 heterocycles. The normalized spacial score (nSPS) is 29.5. The number of aryl methyl sites for hydroxylation is 1. The van der Waals surface area contributed by atoms with E-state index in [0.717, 1.165) is 37.4 Å². The van der Waals surface area contributed by atoms with Gasteiger partial charge in [-0.2, -0.15) is 0 Å². The smallest absolute Gasteiger partial charge is 0.140 e. The Morgan fingerprint density at radius 2 is 2.06 bits per heavy atom. The Labute approximate surface area is 110 Å². The number of hydrogen-bond donors (Lipinski definition) is 1. The minimum absolute atomic E-state index is 0.392. The standard InChI is InChI=1S/C15H26N2O/c1-5-14(2,3)12-6-8-15(18,9-7-12)13-16-10-11-17(13)4/h10-12,18H,5-9H2,1-4H3. The Bertz CT molecular complexity index is 400. The molecule has 1 saturated carbocycles. The molecule has 0 radical (unpaired) electrons. The lowest BCUT2D eigenvalue weighted by molar-refractivity contribution is -0.0412. The maximum absolute atomic E-state index is 10.8. The molecule has 3 nitrogen and oxygen atoms in total. The van der Waals surface area contributed by atoms with Crippen molar-refractivity contribution in [3.8, 4) is 0 Å². The van der Waals surface area contributed by atoms with Crippen molar-refractivity contribution in [2.75, 3.05) is 0 Å². The average Bonchev–Trinajstić information content (AvgIpc) is 2.77. The lowest BCUT2D eigenvalue weighted by atomic mass is 9.66. The predicted molar refractivity (Wildman–Crippen MR) is 73.1 cm³/mol. The summed E-state index contributed by atoms with van der Waals surface area (Å²) in [7, 11) is 1.96. The Morgan fingerprint density at radius 3 is 2.50 bits per heavy atom. The number of rotatable bonds is 3. The SMILES string of the molecule is CCC(C)(C)C1CCC(O)(c2nccn2C)CC1. The van der Waals surface area contributed by atoms with Gasteiger partial charge in [-0.15, -0.1) is 0 Å². The summed E-state index contributed by atoms with van der Waals surface area (Å²) < 4.78 is 1.95. The lowest BCUT2D eigenvalue weighted by Crippen LogP contribution is -2.37. The number of aliphatic hydroxyl groups is 1. The summed E-state index contributed by atoms with van der Waals surface area (Å²) in [6.45, 7) is 6.96. The second-order valence-electron chi connectivity index (χ2n) is 6.51. The van der Waals surface area contributed by atoms with E-state index in [9.17, 15) is 5.11 Å². The van der Waals surface area contributed by atoms with Gasteiger partial charge in [0.2, 0.25) is 0 Å². The molecule has 0 unspecified atom stereocenters. The van der Waals surface area contributed by atoms with Crippen molar-refractivity contribution >= 4 is 0 Å². The number of aromatic nitrogens is 2. The molecule has 18 heavy (non-hydrogen) atoms. The monoisotopic (exact) mass is 250 g/mol. The molecule has 1 aromatic heterocycles. The Hall–Kier alpha value is -0.830. The summed E-state index contributed by atoms with van der Waals surface area (Å²) in [6, 6.07) is 0. The van der Waals surface area contributed by atoms with E-state index in [-0.39, 0.29) is 0 Å². The third kappa shape index (κ3) is 2.33. The van der Waals surface area contributed by atoms with Gasteiger partial charge in [-0.05, 0) is 37.0 Å². The second-order valence-corrected chi connectivity index (χ2v) is 6.51. The van der Waals surface area contributed by atoms with Crippen LogP contribution in [0, 0.1) is 11.3 Å². The van der Waals surface area contributed by atoms with Crippen LogP contribution in [0.4, 0.5) is 0 Å². The van der Waals surface area contributed by atoms with Crippen molar-refractivity contribution in [2.45, 2.75) is 58.5 Å². The molecule has 0 aliphatic heterocycles. The van der Waals surface area contributed by atoms with E-state index in [4.69, 9.17) is 0 Å². The zero-order valence-corrected chi connectivity index (χ0v) is 12.1. The van der Waals surface area contributed by atoms with Crippen LogP contribution in [0.2, 0.25) is 0 Å². The third-order valence-electron chi connectivity index (χ3n) is 5.07. The first-order valence-electron chi connectivity index (χ1n) is 7.09. The van der Waals surface area contributed by atoms with Gasteiger partial charge in [0.1, 0.15) is 11.4 Å². The fraction of sp³-hybridized carbons (Fsp3) is 0.800. The average molecular weight is 250 g/mol. The van der Waals surface area contributed by atoms with Crippen molar-refractivity contribution in [1.29, 1.82) is 0 Å². The Kier molecular flexibility index (Phi) is 3.54. The van der Waals surface area contributed by atoms with Gasteiger partial charge in [-0.25, -0.2) is 4.98 Å². The minimum atomic E-state index is -0.710. The van der Waals surface area contributed by atoms with E-state index >= 15 is 0 Å². The minimum Gasteiger partial charge on any atom is -0.382 e. The molecule has 1 fully saturated rings. The quantitative estimate of drug-likeness (QED) is 0.894. The summed E-state index contributed by atoms with van der Waals surface area (Å²) in [5.74, 6) is 1.55. The first-order chi connectivity index (χ1) is 8.39. The van der Waals surface area contributed by atoms with Crippen LogP contribution in [-0.2, 0) is 12.6 Å². The van der Waals surface area contributed by atoms with Crippen molar-refractivity contribution < 1.29 is 5.11 Å². The van der Waals surface area contributed by atoms with Gasteiger partial charge >= 0.3 is 0 Å². The summed E-state index contributed by atoms with van der Waals surface area (Å²) >= 11 is 0. The molecule has 0 amide bonds. The topological polar surface area (TPSA) is 38.1 Å². The molecule has 1 aliphatic rings. The van der Waals surface area contributed by atoms with Gasteiger partial charge < -0.3 is 9.67 Å². The van der Waals surface area contributed by atoms with Crippen LogP contribution in [0.15, 0.2) is 12.4 Å². The molecule has 1 N–H and O–H groups in total. The van der Waals surface area contributed by atoms with Gasteiger partial charge in [0.25, 0.3) is 0 Å². The summed E-state index contributed by atoms with van der Waals surface area (Å²) in [5, 5.41) is 10.8. The lowest BCUT2D eigenvalue weighted by Gasteiger charge is -2.42. The van der Waals surface area contributed by atoms with Crippen LogP contribution < -0.4 is 0 Å². The molecular weight excluding hydrogens is 224 g/mol. The van der Waals surface area contributed by atoms with E-state index in [1.807, 2.05) is 17.8 Å². The van der Waals surface area contributed by atoms with Crippen LogP contribution in [0.3, 0.4) is 0 Å². The molecule has 0 atom stereocenters. The van der Waals surface area contributed by atoms with Gasteiger partial charge in [-0.3, -0.25) is 0 Å². The number of nitrogens with zero attached hydrogens (tertiary/aromatic N) is 2. The van der Waals surface area contributed by atoms with Crippen molar-refractivity contribution in [1.82, 2.24) is 9.55 Å². The molecule has 0 saturated heterocycles. The molecule has 1 aromatic rings. The highest BCUT2D eigenvalue weighted by molar-refractivity contribution is 5.06. The molecule has 102 valence electrons. The fourth-order valence-corrected chi connectivity index (χ4v) is 3.20. The molecule has 0 aromatic carbocycles. The molecule has 1 aliphatic carbocycles. The van der Waals surface area contributed by atoms with E-state index in [0.29, 0.717) is 5.41 Å². The zero-order chi connectivity index (χ0) is 13.4. The van der Waals surface area contributed by atoms with E-state index < -0.39 is 5.60 Å². The zero-order valence-electron chi connectivity index (χ0n) is 12.1. The maximum atomic E-state index is 10.8. The largest absolute Gasteiger partial charge is 0.382 e. The van der Waals surface area contributed by atoms with Crippen LogP contribution in [-0.4, -0.2) is 14.7 Å². The third-order valence-corrected chi connectivity index (χ3v) is 5.07. The maximum Gasteiger partial charge on any atom is 0.140 e. The first-order valence-corrected chi connectivity index (χ1v) is 7.09. The molecule has 0 bridgehead atoms. The summed E-state index contributed by atoms with van der Waals surface area (Å²) in [6.07, 6.45) is 8.77. The van der Waals surface area contributed by atoms with Crippen LogP contribution >= 0.6 is 0 Å². The van der Waals surface area contributed by atoms with E-state index in [2.05, 4.69) is 25.8 Å². The highest BCUT2D eigenvalue weighted by Crippen LogP contribution is 2.46. The predicted octanol–water partition coefficient (Wildman–Crippen LogP) is 3.23. The van der Waals surface area contributed by atoms with Gasteiger partial charge in [0.05, 0.1) is 0 Å². The van der Waals surface area contributed by atoms with Crippen molar-refractivity contribution in [3.05, 3.63) is 18.2 Å². The van der Waals surface area contributed by atoms with Crippen LogP contribution in [0.1, 0.15) is 58.7 Å². The van der Waals surface area contributed by atoms with Gasteiger partial charge in [-0.1, -0.05) is 27.2 Å². The van der Waals surface area contributed by atoms with Gasteiger partial charge in [0, 0.05) is 19.4 Å². The Morgan fingerprint density at radius 1 is 1.44 bits per heavy atom. The van der Waals surface area contributed by atoms with Crippen LogP contribution in [0.25, 0.3) is 0 Å². The first kappa shape index (κ1) is 13.6. The van der Waals surface area contributed by atoms with Crippen molar-refractivity contribution in [3.63, 3.8) is 0 Å². The summed E-state index contributed by atoms with van der Waals surface area (Å²) in [4.78, 5) is 4.33. The second kappa shape index (κ2) is 4.69. The van der Waals surface area contributed by atoms with Crippen LogP contribution in [0.5, 0.6) is 0 Å². The highest BCUT2D eigenvalue weighted by atomic mass is 16.3. The molecule has 0 spiro atoms. The molecule has 2 rings (SSSR count). The van der Waals surface area contributed by atoms with Crippen molar-refractivity contribution in [2.24, 2.45) is 18.4 Å². The van der Waals surface area contributed by atoms with E-state index in [1.54, 1.807) is 6.20 Å². The molecular formula is C15H26N2O. The Balaban J connectivity index is 2.09. The van der Waals surface area contributed by atoms with E-state index in [1.165, 1.54) is 6.42 Å². The number of imidazole rings is 1. The number of hydrogen-bond acceptors (Lipinski definition) is 2. The summed E-state index contributed by atoms with van der Waals surface area (Å²) in [5.41, 5.74) is -0.318. The highest BCUT2D eigenvalue weighted by Gasteiger charge is 2.41.